The predicted octanol–water partition coefficient (Wildman–Crippen LogP) is 1.45. The molecule has 4 nitrogen and oxygen atoms in total. The molecule has 1 unspecified atom stereocenters. The van der Waals surface area contributed by atoms with Crippen LogP contribution in [-0.2, 0) is 4.79 Å². The van der Waals surface area contributed by atoms with Crippen LogP contribution in [0.3, 0.4) is 0 Å². The highest BCUT2D eigenvalue weighted by Crippen LogP contribution is 2.54. The Morgan fingerprint density at radius 3 is 2.26 bits per heavy atom. The van der Waals surface area contributed by atoms with Gasteiger partial charge in [0.2, 0.25) is 5.91 Å². The van der Waals surface area contributed by atoms with Crippen molar-refractivity contribution in [2.75, 3.05) is 32.7 Å². The van der Waals surface area contributed by atoms with Crippen LogP contribution in [0.25, 0.3) is 0 Å². The summed E-state index contributed by atoms with van der Waals surface area (Å²) >= 11 is 12.1. The summed E-state index contributed by atoms with van der Waals surface area (Å²) in [6, 6.07) is 0. The van der Waals surface area contributed by atoms with E-state index in [0.29, 0.717) is 5.92 Å². The zero-order valence-electron chi connectivity index (χ0n) is 11.7. The Morgan fingerprint density at radius 1 is 1.32 bits per heavy atom. The normalized spacial score (nSPS) is 28.3. The van der Waals surface area contributed by atoms with Gasteiger partial charge in [0.25, 0.3) is 0 Å². The molecular formula is C13H23Cl2N3O. The van der Waals surface area contributed by atoms with E-state index in [-0.39, 0.29) is 5.91 Å². The van der Waals surface area contributed by atoms with Crippen LogP contribution in [0.15, 0.2) is 0 Å². The smallest absolute Gasteiger partial charge is 0.237 e. The van der Waals surface area contributed by atoms with Crippen LogP contribution in [0, 0.1) is 5.92 Å². The highest BCUT2D eigenvalue weighted by atomic mass is 35.5. The molecule has 1 heterocycles. The van der Waals surface area contributed by atoms with Gasteiger partial charge in [0.05, 0.1) is 5.54 Å². The maximum atomic E-state index is 11.4. The van der Waals surface area contributed by atoms with Crippen molar-refractivity contribution in [3.05, 3.63) is 0 Å². The minimum absolute atomic E-state index is 0.256. The van der Waals surface area contributed by atoms with Crippen molar-refractivity contribution in [2.24, 2.45) is 11.7 Å². The summed E-state index contributed by atoms with van der Waals surface area (Å²) in [5, 5.41) is 0. The lowest BCUT2D eigenvalue weighted by Gasteiger charge is -2.42. The van der Waals surface area contributed by atoms with Crippen molar-refractivity contribution in [3.8, 4) is 0 Å². The van der Waals surface area contributed by atoms with Crippen LogP contribution < -0.4 is 5.73 Å². The first-order valence-electron chi connectivity index (χ1n) is 6.88. The van der Waals surface area contributed by atoms with Gasteiger partial charge in [0, 0.05) is 26.2 Å². The first-order valence-corrected chi connectivity index (χ1v) is 7.64. The molecule has 1 aliphatic heterocycles. The molecule has 2 fully saturated rings. The number of piperazine rings is 1. The van der Waals surface area contributed by atoms with Crippen LogP contribution in [0.4, 0.5) is 0 Å². The molecule has 1 saturated heterocycles. The average molecular weight is 308 g/mol. The highest BCUT2D eigenvalue weighted by molar-refractivity contribution is 6.50. The maximum Gasteiger partial charge on any atom is 0.237 e. The maximum absolute atomic E-state index is 11.4. The monoisotopic (exact) mass is 307 g/mol. The Kier molecular flexibility index (Phi) is 4.36. The second kappa shape index (κ2) is 5.40. The van der Waals surface area contributed by atoms with Gasteiger partial charge in [-0.25, -0.2) is 0 Å². The second-order valence-corrected chi connectivity index (χ2v) is 7.75. The lowest BCUT2D eigenvalue weighted by atomic mass is 10.0. The Hall–Kier alpha value is -0.0300. The summed E-state index contributed by atoms with van der Waals surface area (Å²) in [5.41, 5.74) is 4.90. The van der Waals surface area contributed by atoms with Gasteiger partial charge in [-0.2, -0.15) is 0 Å². The van der Waals surface area contributed by atoms with Crippen molar-refractivity contribution < 1.29 is 4.79 Å². The molecule has 1 amide bonds. The van der Waals surface area contributed by atoms with Gasteiger partial charge < -0.3 is 10.6 Å². The van der Waals surface area contributed by atoms with Gasteiger partial charge in [-0.1, -0.05) is 0 Å². The van der Waals surface area contributed by atoms with Crippen LogP contribution in [0.1, 0.15) is 26.7 Å². The predicted molar refractivity (Wildman–Crippen MR) is 78.4 cm³/mol. The van der Waals surface area contributed by atoms with Crippen LogP contribution in [-0.4, -0.2) is 58.3 Å². The molecule has 2 aliphatic rings. The van der Waals surface area contributed by atoms with E-state index >= 15 is 0 Å². The molecule has 0 bridgehead atoms. The number of hydrogen-bond acceptors (Lipinski definition) is 3. The second-order valence-electron chi connectivity index (χ2n) is 6.20. The number of hydrogen-bond donors (Lipinski definition) is 1. The minimum atomic E-state index is -0.552. The van der Waals surface area contributed by atoms with Crippen molar-refractivity contribution in [1.82, 2.24) is 9.80 Å². The standard InChI is InChI=1S/C13H23Cl2N3O/c1-12(2,11(16)19)18-7-5-17(6-8-18)4-3-10-9-13(10,14)15/h10H,3-9H2,1-2H3,(H2,16,19). The quantitative estimate of drug-likeness (QED) is 0.782. The summed E-state index contributed by atoms with van der Waals surface area (Å²) < 4.78 is -0.463. The van der Waals surface area contributed by atoms with Crippen molar-refractivity contribution in [1.29, 1.82) is 0 Å². The molecular weight excluding hydrogens is 285 g/mol. The third-order valence-electron chi connectivity index (χ3n) is 4.52. The topological polar surface area (TPSA) is 49.6 Å². The Labute approximate surface area is 125 Å². The molecule has 110 valence electrons. The van der Waals surface area contributed by atoms with E-state index < -0.39 is 9.87 Å². The Morgan fingerprint density at radius 2 is 1.84 bits per heavy atom. The number of nitrogens with zero attached hydrogens (tertiary/aromatic N) is 2. The van der Waals surface area contributed by atoms with E-state index in [2.05, 4.69) is 9.80 Å². The number of carbonyl (C=O) groups is 1. The lowest BCUT2D eigenvalue weighted by Crippen LogP contribution is -2.59. The summed E-state index contributed by atoms with van der Waals surface area (Å²) in [4.78, 5) is 16.0. The molecule has 1 atom stereocenters. The number of rotatable bonds is 5. The third-order valence-corrected chi connectivity index (χ3v) is 5.44. The van der Waals surface area contributed by atoms with Crippen molar-refractivity contribution in [2.45, 2.75) is 36.6 Å². The molecule has 1 aliphatic carbocycles. The zero-order chi connectivity index (χ0) is 14.3. The molecule has 2 N–H and O–H groups in total. The van der Waals surface area contributed by atoms with Crippen LogP contribution in [0.5, 0.6) is 0 Å². The summed E-state index contributed by atoms with van der Waals surface area (Å²) in [5.74, 6) is 0.198. The zero-order valence-corrected chi connectivity index (χ0v) is 13.2. The van der Waals surface area contributed by atoms with Gasteiger partial charge in [-0.15, -0.1) is 23.2 Å². The largest absolute Gasteiger partial charge is 0.368 e. The van der Waals surface area contributed by atoms with Crippen LogP contribution >= 0.6 is 23.2 Å². The molecule has 0 aromatic heterocycles. The Balaban J connectivity index is 1.72. The molecule has 2 rings (SSSR count). The molecule has 0 aromatic rings. The van der Waals surface area contributed by atoms with Gasteiger partial charge >= 0.3 is 0 Å². The molecule has 0 aromatic carbocycles. The Bertz CT molecular complexity index is 352. The van der Waals surface area contributed by atoms with Gasteiger partial charge in [-0.05, 0) is 39.2 Å². The third kappa shape index (κ3) is 3.54. The summed E-state index contributed by atoms with van der Waals surface area (Å²) in [7, 11) is 0. The SMILES string of the molecule is CC(C)(C(N)=O)N1CCN(CCC2CC2(Cl)Cl)CC1. The fourth-order valence-corrected chi connectivity index (χ4v) is 3.20. The van der Waals surface area contributed by atoms with E-state index in [1.807, 2.05) is 13.8 Å². The number of nitrogens with two attached hydrogens (primary N) is 1. The van der Waals surface area contributed by atoms with Gasteiger partial charge in [0.15, 0.2) is 0 Å². The molecule has 0 radical (unpaired) electrons. The molecule has 1 saturated carbocycles. The highest BCUT2D eigenvalue weighted by Gasteiger charge is 2.51. The summed E-state index contributed by atoms with van der Waals surface area (Å²) in [6.45, 7) is 8.54. The number of carbonyl (C=O) groups excluding carboxylic acids is 1. The first-order chi connectivity index (χ1) is 8.73. The lowest BCUT2D eigenvalue weighted by molar-refractivity contribution is -0.129. The van der Waals surface area contributed by atoms with Crippen molar-refractivity contribution in [3.63, 3.8) is 0 Å². The molecule has 19 heavy (non-hydrogen) atoms. The van der Waals surface area contributed by atoms with Crippen molar-refractivity contribution >= 4 is 29.1 Å². The number of halogens is 2. The van der Waals surface area contributed by atoms with E-state index in [1.54, 1.807) is 0 Å². The van der Waals surface area contributed by atoms with E-state index in [9.17, 15) is 4.79 Å². The minimum Gasteiger partial charge on any atom is -0.368 e. The first kappa shape index (κ1) is 15.4. The summed E-state index contributed by atoms with van der Waals surface area (Å²) in [6.07, 6.45) is 1.98. The fourth-order valence-electron chi connectivity index (χ4n) is 2.61. The van der Waals surface area contributed by atoms with E-state index in [0.717, 1.165) is 45.6 Å². The molecule has 6 heteroatoms. The average Bonchev–Trinajstić information content (AvgIpc) is 2.95. The van der Waals surface area contributed by atoms with E-state index in [4.69, 9.17) is 28.9 Å². The fraction of sp³-hybridized carbons (Fsp3) is 0.923. The number of alkyl halides is 2. The number of primary amides is 1. The van der Waals surface area contributed by atoms with Crippen LogP contribution in [0.2, 0.25) is 0 Å². The molecule has 0 spiro atoms. The number of amides is 1. The van der Waals surface area contributed by atoms with Gasteiger partial charge in [-0.3, -0.25) is 9.69 Å². The van der Waals surface area contributed by atoms with Gasteiger partial charge in [0.1, 0.15) is 4.33 Å². The van der Waals surface area contributed by atoms with E-state index in [1.165, 1.54) is 0 Å².